The molecule has 0 spiro atoms. The number of aromatic hydroxyl groups is 2. The van der Waals surface area contributed by atoms with Crippen molar-refractivity contribution in [3.8, 4) is 11.5 Å². The second-order valence-electron chi connectivity index (χ2n) is 4.73. The number of nitrogens with zero attached hydrogens (tertiary/aromatic N) is 2. The topological polar surface area (TPSA) is 74.3 Å². The van der Waals surface area contributed by atoms with E-state index in [0.29, 0.717) is 5.56 Å². The van der Waals surface area contributed by atoms with Gasteiger partial charge in [0.1, 0.15) is 6.20 Å². The molecule has 0 aliphatic rings. The van der Waals surface area contributed by atoms with E-state index in [1.54, 1.807) is 17.1 Å². The van der Waals surface area contributed by atoms with E-state index in [0.717, 1.165) is 10.8 Å². The highest BCUT2D eigenvalue weighted by molar-refractivity contribution is 5.95. The van der Waals surface area contributed by atoms with Crippen molar-refractivity contribution in [1.82, 2.24) is 5.10 Å². The summed E-state index contributed by atoms with van der Waals surface area (Å²) in [5.74, 6) is -0.751. The number of carbonyl (C=O) groups excluding carboxylic acids is 1. The van der Waals surface area contributed by atoms with Crippen LogP contribution in [0.3, 0.4) is 0 Å². The van der Waals surface area contributed by atoms with Crippen LogP contribution in [0.5, 0.6) is 11.5 Å². The first-order valence-electron chi connectivity index (χ1n) is 6.43. The number of hydrogen-bond donors (Lipinski definition) is 2. The van der Waals surface area contributed by atoms with Crippen LogP contribution in [0.15, 0.2) is 54.9 Å². The first-order chi connectivity index (χ1) is 10.1. The molecule has 22 heavy (non-hydrogen) atoms. The number of ketones is 1. The van der Waals surface area contributed by atoms with E-state index in [1.165, 1.54) is 18.2 Å². The highest BCUT2D eigenvalue weighted by Gasteiger charge is 2.15. The zero-order valence-electron chi connectivity index (χ0n) is 11.5. The first-order valence-corrected chi connectivity index (χ1v) is 6.43. The fourth-order valence-corrected chi connectivity index (χ4v) is 2.10. The quantitative estimate of drug-likeness (QED) is 0.441. The Balaban J connectivity index is 0.00000176. The van der Waals surface area contributed by atoms with Crippen molar-refractivity contribution in [2.24, 2.45) is 0 Å². The maximum Gasteiger partial charge on any atom is 0.236 e. The molecule has 112 valence electrons. The molecule has 5 nitrogen and oxygen atoms in total. The number of Topliss-reactive ketones (excluding diaryl/α,β-unsaturated/α-hetero) is 1. The summed E-state index contributed by atoms with van der Waals surface area (Å²) in [6, 6.07) is 11.8. The van der Waals surface area contributed by atoms with Crippen molar-refractivity contribution in [3.05, 3.63) is 60.4 Å². The maximum absolute atomic E-state index is 12.2. The Hall–Kier alpha value is -2.66. The van der Waals surface area contributed by atoms with Gasteiger partial charge in [-0.25, -0.2) is 0 Å². The van der Waals surface area contributed by atoms with Crippen LogP contribution in [0.1, 0.15) is 10.4 Å². The summed E-state index contributed by atoms with van der Waals surface area (Å²) in [5, 5.41) is 24.9. The number of rotatable bonds is 3. The van der Waals surface area contributed by atoms with Crippen molar-refractivity contribution < 1.29 is 19.7 Å². The number of carbonyl (C=O) groups is 1. The predicted molar refractivity (Wildman–Crippen MR) is 83.3 cm³/mol. The number of phenolic OH excluding ortho intramolecular Hbond substituents is 2. The molecule has 3 rings (SSSR count). The van der Waals surface area contributed by atoms with Gasteiger partial charge in [0.15, 0.2) is 11.5 Å². The molecule has 1 heterocycles. The minimum atomic E-state index is -0.308. The van der Waals surface area contributed by atoms with Gasteiger partial charge >= 0.3 is 0 Å². The van der Waals surface area contributed by atoms with E-state index in [2.05, 4.69) is 5.10 Å². The lowest BCUT2D eigenvalue weighted by Gasteiger charge is -2.01. The van der Waals surface area contributed by atoms with Crippen molar-refractivity contribution in [2.75, 3.05) is 0 Å². The van der Waals surface area contributed by atoms with Crippen molar-refractivity contribution >= 4 is 29.0 Å². The third-order valence-corrected chi connectivity index (χ3v) is 3.23. The highest BCUT2D eigenvalue weighted by Crippen LogP contribution is 2.24. The van der Waals surface area contributed by atoms with Gasteiger partial charge in [0, 0.05) is 16.3 Å². The van der Waals surface area contributed by atoms with E-state index in [4.69, 9.17) is 0 Å². The standard InChI is InChI=1S/C16H12N2O3.ClH/c19-14-6-5-11(7-15(14)20)16(21)10-18-9-13-4-2-1-3-12(13)8-17-18;/h1-9,17H,10H2;1H/p+1. The number of hydrogen-bond acceptors (Lipinski definition) is 4. The van der Waals surface area contributed by atoms with Crippen LogP contribution >= 0.6 is 12.4 Å². The molecule has 0 unspecified atom stereocenters. The minimum Gasteiger partial charge on any atom is -0.504 e. The van der Waals surface area contributed by atoms with Crippen molar-refractivity contribution in [2.45, 2.75) is 6.54 Å². The Labute approximate surface area is 132 Å². The normalized spacial score (nSPS) is 10.2. The zero-order chi connectivity index (χ0) is 14.8. The summed E-state index contributed by atoms with van der Waals surface area (Å²) in [6.45, 7) is 0.0645. The molecular formula is C16H14ClN2O3+. The average Bonchev–Trinajstić information content (AvgIpc) is 2.50. The molecule has 0 saturated heterocycles. The van der Waals surface area contributed by atoms with Gasteiger partial charge in [-0.3, -0.25) is 4.79 Å². The highest BCUT2D eigenvalue weighted by atomic mass is 35.5. The summed E-state index contributed by atoms with van der Waals surface area (Å²) in [7, 11) is 0. The lowest BCUT2D eigenvalue weighted by Crippen LogP contribution is -2.41. The largest absolute Gasteiger partial charge is 0.504 e. The molecule has 1 aromatic heterocycles. The second-order valence-corrected chi connectivity index (χ2v) is 4.73. The third kappa shape index (κ3) is 3.15. The van der Waals surface area contributed by atoms with Gasteiger partial charge in [-0.2, -0.15) is 0 Å². The number of halogens is 1. The van der Waals surface area contributed by atoms with E-state index in [-0.39, 0.29) is 36.2 Å². The fourth-order valence-electron chi connectivity index (χ4n) is 2.10. The Morgan fingerprint density at radius 2 is 1.77 bits per heavy atom. The Morgan fingerprint density at radius 3 is 2.50 bits per heavy atom. The number of phenols is 2. The third-order valence-electron chi connectivity index (χ3n) is 3.23. The first kappa shape index (κ1) is 15.7. The molecule has 2 N–H and O–H groups in total. The molecule has 6 heteroatoms. The predicted octanol–water partition coefficient (Wildman–Crippen LogP) is 2.24. The summed E-state index contributed by atoms with van der Waals surface area (Å²) < 4.78 is 1.55. The van der Waals surface area contributed by atoms with Crippen molar-refractivity contribution in [3.63, 3.8) is 0 Å². The van der Waals surface area contributed by atoms with Crippen LogP contribution in [0.25, 0.3) is 10.8 Å². The second kappa shape index (κ2) is 6.41. The van der Waals surface area contributed by atoms with E-state index in [1.807, 2.05) is 24.3 Å². The monoisotopic (exact) mass is 317 g/mol. The van der Waals surface area contributed by atoms with Crippen LogP contribution in [-0.2, 0) is 6.54 Å². The number of aromatic nitrogens is 2. The molecule has 0 bridgehead atoms. The Kier molecular flexibility index (Phi) is 4.58. The van der Waals surface area contributed by atoms with E-state index >= 15 is 0 Å². The van der Waals surface area contributed by atoms with E-state index in [9.17, 15) is 15.0 Å². The van der Waals surface area contributed by atoms with Gasteiger partial charge in [0.05, 0.1) is 0 Å². The molecule has 2 aromatic carbocycles. The molecule has 0 aliphatic carbocycles. The van der Waals surface area contributed by atoms with Crippen LogP contribution in [0, 0.1) is 0 Å². The number of fused-ring (bicyclic) bond motifs is 1. The van der Waals surface area contributed by atoms with Crippen molar-refractivity contribution in [1.29, 1.82) is 0 Å². The maximum atomic E-state index is 12.2. The Bertz CT molecular complexity index is 836. The van der Waals surface area contributed by atoms with Crippen LogP contribution in [-0.4, -0.2) is 21.1 Å². The summed E-state index contributed by atoms with van der Waals surface area (Å²) in [4.78, 5) is 12.2. The summed E-state index contributed by atoms with van der Waals surface area (Å²) in [5.41, 5.74) is 0.327. The van der Waals surface area contributed by atoms with Crippen LogP contribution < -0.4 is 4.68 Å². The SMILES string of the molecule is Cl.O=C(C[n+]1cc2ccccc2cn1)c1ccc(O)c(O)c1. The van der Waals surface area contributed by atoms with Gasteiger partial charge in [0.25, 0.3) is 0 Å². The molecule has 0 amide bonds. The minimum absolute atomic E-state index is 0. The zero-order valence-corrected chi connectivity index (χ0v) is 12.3. The average molecular weight is 318 g/mol. The van der Waals surface area contributed by atoms with Gasteiger partial charge in [0.2, 0.25) is 18.5 Å². The molecule has 0 atom stereocenters. The lowest BCUT2D eigenvalue weighted by atomic mass is 10.1. The molecule has 0 radical (unpaired) electrons. The molecular weight excluding hydrogens is 304 g/mol. The fraction of sp³-hybridized carbons (Fsp3) is 0.0625. The smallest absolute Gasteiger partial charge is 0.236 e. The van der Waals surface area contributed by atoms with Gasteiger partial charge in [-0.15, -0.1) is 12.4 Å². The lowest BCUT2D eigenvalue weighted by molar-refractivity contribution is -0.740. The molecule has 0 aliphatic heterocycles. The van der Waals surface area contributed by atoms with Gasteiger partial charge < -0.3 is 10.2 Å². The van der Waals surface area contributed by atoms with Crippen LogP contribution in [0.2, 0.25) is 0 Å². The summed E-state index contributed by atoms with van der Waals surface area (Å²) in [6.07, 6.45) is 3.50. The van der Waals surface area contributed by atoms with Gasteiger partial charge in [-0.05, 0) is 29.4 Å². The molecule has 0 fully saturated rings. The molecule has 3 aromatic rings. The number of benzene rings is 2. The Morgan fingerprint density at radius 1 is 1.05 bits per heavy atom. The molecule has 0 saturated carbocycles. The van der Waals surface area contributed by atoms with E-state index < -0.39 is 0 Å². The van der Waals surface area contributed by atoms with Gasteiger partial charge in [-0.1, -0.05) is 22.9 Å². The summed E-state index contributed by atoms with van der Waals surface area (Å²) >= 11 is 0. The van der Waals surface area contributed by atoms with Crippen LogP contribution in [0.4, 0.5) is 0 Å².